The largest absolute Gasteiger partial charge is 0.103 e. The Hall–Kier alpha value is -0.780. The summed E-state index contributed by atoms with van der Waals surface area (Å²) >= 11 is 0. The lowest BCUT2D eigenvalue weighted by Gasteiger charge is -2.30. The molecule has 0 saturated carbocycles. The van der Waals surface area contributed by atoms with E-state index in [1.54, 1.807) is 0 Å². The molecule has 0 spiro atoms. The van der Waals surface area contributed by atoms with Gasteiger partial charge in [0.1, 0.15) is 0 Å². The van der Waals surface area contributed by atoms with Gasteiger partial charge in [-0.05, 0) is 43.4 Å². The standard InChI is InChI=1S/C16H26/c1-4-7-8-11-14(5-2)16-13-10-9-12-15(16)6-3/h4,9-10,12-16H,1,5-8,11H2,2-3H3. The van der Waals surface area contributed by atoms with Crippen molar-refractivity contribution in [1.29, 1.82) is 0 Å². The van der Waals surface area contributed by atoms with Gasteiger partial charge < -0.3 is 0 Å². The van der Waals surface area contributed by atoms with Crippen molar-refractivity contribution < 1.29 is 0 Å². The number of allylic oxidation sites excluding steroid dienone is 5. The first-order valence-corrected chi connectivity index (χ1v) is 6.79. The summed E-state index contributed by atoms with van der Waals surface area (Å²) in [6, 6.07) is 0. The summed E-state index contributed by atoms with van der Waals surface area (Å²) in [4.78, 5) is 0. The van der Waals surface area contributed by atoms with Gasteiger partial charge in [0.15, 0.2) is 0 Å². The molecule has 90 valence electrons. The Kier molecular flexibility index (Phi) is 6.22. The van der Waals surface area contributed by atoms with Crippen LogP contribution in [0.2, 0.25) is 0 Å². The predicted octanol–water partition coefficient (Wildman–Crippen LogP) is 5.14. The molecule has 0 aromatic carbocycles. The number of hydrogen-bond donors (Lipinski definition) is 0. The zero-order chi connectivity index (χ0) is 11.8. The van der Waals surface area contributed by atoms with Crippen molar-refractivity contribution in [1.82, 2.24) is 0 Å². The monoisotopic (exact) mass is 218 g/mol. The molecule has 0 N–H and O–H groups in total. The lowest BCUT2D eigenvalue weighted by atomic mass is 9.75. The van der Waals surface area contributed by atoms with Crippen molar-refractivity contribution in [3.8, 4) is 0 Å². The van der Waals surface area contributed by atoms with E-state index in [1.165, 1.54) is 32.1 Å². The van der Waals surface area contributed by atoms with E-state index in [2.05, 4.69) is 44.7 Å². The fraction of sp³-hybridized carbons (Fsp3) is 0.625. The molecule has 0 fully saturated rings. The lowest BCUT2D eigenvalue weighted by Crippen LogP contribution is -2.21. The van der Waals surface area contributed by atoms with Crippen LogP contribution in [0.25, 0.3) is 0 Å². The lowest BCUT2D eigenvalue weighted by molar-refractivity contribution is 0.282. The molecule has 3 atom stereocenters. The molecule has 0 amide bonds. The number of unbranched alkanes of at least 4 members (excludes halogenated alkanes) is 1. The second-order valence-electron chi connectivity index (χ2n) is 4.81. The average molecular weight is 218 g/mol. The highest BCUT2D eigenvalue weighted by Crippen LogP contribution is 2.34. The summed E-state index contributed by atoms with van der Waals surface area (Å²) in [6.07, 6.45) is 17.7. The van der Waals surface area contributed by atoms with Crippen LogP contribution in [-0.2, 0) is 0 Å². The molecule has 0 bridgehead atoms. The molecule has 1 aliphatic rings. The van der Waals surface area contributed by atoms with E-state index in [0.29, 0.717) is 0 Å². The molecule has 0 aliphatic heterocycles. The highest BCUT2D eigenvalue weighted by molar-refractivity contribution is 5.15. The van der Waals surface area contributed by atoms with Crippen LogP contribution in [0.5, 0.6) is 0 Å². The van der Waals surface area contributed by atoms with E-state index in [4.69, 9.17) is 0 Å². The molecule has 0 radical (unpaired) electrons. The zero-order valence-corrected chi connectivity index (χ0v) is 10.9. The van der Waals surface area contributed by atoms with Crippen LogP contribution in [0.4, 0.5) is 0 Å². The maximum atomic E-state index is 3.80. The molecule has 16 heavy (non-hydrogen) atoms. The van der Waals surface area contributed by atoms with Crippen molar-refractivity contribution in [2.24, 2.45) is 17.8 Å². The maximum Gasteiger partial charge on any atom is -0.0139 e. The molecule has 1 rings (SSSR count). The van der Waals surface area contributed by atoms with Crippen LogP contribution in [0.1, 0.15) is 46.0 Å². The fourth-order valence-electron chi connectivity index (χ4n) is 2.78. The van der Waals surface area contributed by atoms with E-state index in [-0.39, 0.29) is 0 Å². The second-order valence-corrected chi connectivity index (χ2v) is 4.81. The summed E-state index contributed by atoms with van der Waals surface area (Å²) in [7, 11) is 0. The second kappa shape index (κ2) is 7.49. The molecule has 0 aromatic heterocycles. The van der Waals surface area contributed by atoms with Crippen molar-refractivity contribution in [3.05, 3.63) is 37.0 Å². The van der Waals surface area contributed by atoms with E-state index in [1.807, 2.05) is 6.08 Å². The Morgan fingerprint density at radius 2 is 2.00 bits per heavy atom. The van der Waals surface area contributed by atoms with Crippen LogP contribution >= 0.6 is 0 Å². The minimum atomic E-state index is 0.763. The zero-order valence-electron chi connectivity index (χ0n) is 10.9. The molecular formula is C16H26. The molecule has 0 nitrogen and oxygen atoms in total. The summed E-state index contributed by atoms with van der Waals surface area (Å²) < 4.78 is 0. The molecule has 0 heteroatoms. The van der Waals surface area contributed by atoms with Gasteiger partial charge in [0.2, 0.25) is 0 Å². The van der Waals surface area contributed by atoms with Crippen LogP contribution in [-0.4, -0.2) is 0 Å². The van der Waals surface area contributed by atoms with Crippen molar-refractivity contribution in [3.63, 3.8) is 0 Å². The molecule has 3 unspecified atom stereocenters. The Morgan fingerprint density at radius 1 is 1.25 bits per heavy atom. The quantitative estimate of drug-likeness (QED) is 0.410. The van der Waals surface area contributed by atoms with Gasteiger partial charge >= 0.3 is 0 Å². The summed E-state index contributed by atoms with van der Waals surface area (Å²) in [6.45, 7) is 8.44. The minimum absolute atomic E-state index is 0.763. The first-order chi connectivity index (χ1) is 7.83. The molecule has 1 aliphatic carbocycles. The van der Waals surface area contributed by atoms with E-state index < -0.39 is 0 Å². The number of rotatable bonds is 7. The Morgan fingerprint density at radius 3 is 2.62 bits per heavy atom. The van der Waals surface area contributed by atoms with E-state index in [9.17, 15) is 0 Å². The summed E-state index contributed by atoms with van der Waals surface area (Å²) in [5, 5.41) is 0. The van der Waals surface area contributed by atoms with Crippen LogP contribution in [0.3, 0.4) is 0 Å². The van der Waals surface area contributed by atoms with Gasteiger partial charge in [0.05, 0.1) is 0 Å². The smallest absolute Gasteiger partial charge is 0.0139 e. The third kappa shape index (κ3) is 3.66. The van der Waals surface area contributed by atoms with Gasteiger partial charge in [0.25, 0.3) is 0 Å². The Bertz CT molecular complexity index is 247. The molecule has 0 heterocycles. The fourth-order valence-corrected chi connectivity index (χ4v) is 2.78. The van der Waals surface area contributed by atoms with E-state index in [0.717, 1.165) is 17.8 Å². The molecular weight excluding hydrogens is 192 g/mol. The van der Waals surface area contributed by atoms with Gasteiger partial charge in [-0.1, -0.05) is 50.6 Å². The first kappa shape index (κ1) is 13.3. The highest BCUT2D eigenvalue weighted by atomic mass is 14.3. The van der Waals surface area contributed by atoms with Crippen molar-refractivity contribution in [2.45, 2.75) is 46.0 Å². The minimum Gasteiger partial charge on any atom is -0.103 e. The van der Waals surface area contributed by atoms with Crippen LogP contribution in [0.15, 0.2) is 37.0 Å². The van der Waals surface area contributed by atoms with Crippen molar-refractivity contribution in [2.75, 3.05) is 0 Å². The van der Waals surface area contributed by atoms with Crippen LogP contribution in [0, 0.1) is 17.8 Å². The summed E-state index contributed by atoms with van der Waals surface area (Å²) in [5.74, 6) is 2.38. The van der Waals surface area contributed by atoms with Gasteiger partial charge in [0, 0.05) is 0 Å². The Labute approximate surface area is 101 Å². The summed E-state index contributed by atoms with van der Waals surface area (Å²) in [5.41, 5.74) is 0. The SMILES string of the molecule is C=CCCCC(CC)C1C=CC=CC1CC. The molecule has 0 saturated heterocycles. The topological polar surface area (TPSA) is 0 Å². The average Bonchev–Trinajstić information content (AvgIpc) is 2.35. The van der Waals surface area contributed by atoms with Gasteiger partial charge in [-0.15, -0.1) is 6.58 Å². The first-order valence-electron chi connectivity index (χ1n) is 6.79. The third-order valence-electron chi connectivity index (χ3n) is 3.82. The third-order valence-corrected chi connectivity index (χ3v) is 3.82. The van der Waals surface area contributed by atoms with Gasteiger partial charge in [-0.3, -0.25) is 0 Å². The van der Waals surface area contributed by atoms with Gasteiger partial charge in [-0.2, -0.15) is 0 Å². The predicted molar refractivity (Wildman–Crippen MR) is 73.4 cm³/mol. The number of hydrogen-bond acceptors (Lipinski definition) is 0. The van der Waals surface area contributed by atoms with E-state index >= 15 is 0 Å². The normalized spacial score (nSPS) is 25.6. The molecule has 0 aromatic rings. The maximum absolute atomic E-state index is 3.80. The van der Waals surface area contributed by atoms with Gasteiger partial charge in [-0.25, -0.2) is 0 Å². The Balaban J connectivity index is 2.53. The highest BCUT2D eigenvalue weighted by Gasteiger charge is 2.24. The van der Waals surface area contributed by atoms with Crippen LogP contribution < -0.4 is 0 Å². The van der Waals surface area contributed by atoms with Crippen molar-refractivity contribution >= 4 is 0 Å².